The second kappa shape index (κ2) is 10.0. The first-order valence-electron chi connectivity index (χ1n) is 9.02. The maximum atomic E-state index is 12.3. The average molecular weight is 420 g/mol. The number of carbonyl (C=O) groups excluding carboxylic acids is 2. The molecule has 8 nitrogen and oxygen atoms in total. The van der Waals surface area contributed by atoms with E-state index >= 15 is 0 Å². The lowest BCUT2D eigenvalue weighted by atomic mass is 10.1. The summed E-state index contributed by atoms with van der Waals surface area (Å²) in [5.74, 6) is -0.126. The number of rotatable bonds is 8. The highest BCUT2D eigenvalue weighted by Crippen LogP contribution is 2.15. The van der Waals surface area contributed by atoms with Crippen LogP contribution in [0.25, 0.3) is 0 Å². The van der Waals surface area contributed by atoms with Crippen LogP contribution in [0.5, 0.6) is 5.75 Å². The van der Waals surface area contributed by atoms with Crippen molar-refractivity contribution in [1.29, 1.82) is 0 Å². The van der Waals surface area contributed by atoms with Crippen LogP contribution < -0.4 is 14.8 Å². The van der Waals surface area contributed by atoms with Gasteiger partial charge >= 0.3 is 6.16 Å². The van der Waals surface area contributed by atoms with E-state index in [0.717, 1.165) is 11.1 Å². The summed E-state index contributed by atoms with van der Waals surface area (Å²) in [7, 11) is -3.65. The van der Waals surface area contributed by atoms with E-state index in [9.17, 15) is 18.0 Å². The van der Waals surface area contributed by atoms with E-state index in [2.05, 4.69) is 14.8 Å². The van der Waals surface area contributed by atoms with E-state index in [1.54, 1.807) is 25.1 Å². The standard InChI is InChI=1S/C20H24N2O6S/c1-4-27-20(24)28-17-8-6-16(7-9-17)19(23)21-11-12-22-29(25,26)18-10-5-14(2)15(3)13-18/h5-10,13,22H,4,11-12H2,1-3H3,(H,21,23). The Morgan fingerprint density at radius 2 is 1.66 bits per heavy atom. The molecule has 0 unspecified atom stereocenters. The lowest BCUT2D eigenvalue weighted by Gasteiger charge is -2.10. The van der Waals surface area contributed by atoms with Gasteiger partial charge in [-0.05, 0) is 68.3 Å². The van der Waals surface area contributed by atoms with Gasteiger partial charge in [-0.15, -0.1) is 0 Å². The van der Waals surface area contributed by atoms with Gasteiger partial charge in [-0.1, -0.05) is 6.07 Å². The van der Waals surface area contributed by atoms with Gasteiger partial charge in [0, 0.05) is 18.7 Å². The zero-order chi connectivity index (χ0) is 21.4. The van der Waals surface area contributed by atoms with Gasteiger partial charge in [0.05, 0.1) is 11.5 Å². The molecular formula is C20H24N2O6S. The van der Waals surface area contributed by atoms with Gasteiger partial charge in [-0.3, -0.25) is 4.79 Å². The van der Waals surface area contributed by atoms with Crippen molar-refractivity contribution in [3.63, 3.8) is 0 Å². The van der Waals surface area contributed by atoms with Gasteiger partial charge in [0.2, 0.25) is 10.0 Å². The number of aryl methyl sites for hydroxylation is 2. The molecular weight excluding hydrogens is 396 g/mol. The fraction of sp³-hybridized carbons (Fsp3) is 0.300. The lowest BCUT2D eigenvalue weighted by molar-refractivity contribution is 0.0954. The molecule has 0 heterocycles. The summed E-state index contributed by atoms with van der Waals surface area (Å²) >= 11 is 0. The van der Waals surface area contributed by atoms with Crippen LogP contribution in [0.3, 0.4) is 0 Å². The Morgan fingerprint density at radius 1 is 0.966 bits per heavy atom. The molecule has 0 aliphatic heterocycles. The molecule has 2 N–H and O–H groups in total. The minimum Gasteiger partial charge on any atom is -0.434 e. The van der Waals surface area contributed by atoms with Gasteiger partial charge in [0.25, 0.3) is 5.91 Å². The number of ether oxygens (including phenoxy) is 2. The van der Waals surface area contributed by atoms with Gasteiger partial charge in [0.15, 0.2) is 0 Å². The van der Waals surface area contributed by atoms with Crippen molar-refractivity contribution in [3.8, 4) is 5.75 Å². The zero-order valence-electron chi connectivity index (χ0n) is 16.5. The summed E-state index contributed by atoms with van der Waals surface area (Å²) in [6, 6.07) is 10.8. The summed E-state index contributed by atoms with van der Waals surface area (Å²) < 4.78 is 36.6. The Balaban J connectivity index is 1.83. The maximum absolute atomic E-state index is 12.3. The first-order valence-corrected chi connectivity index (χ1v) is 10.5. The first kappa shape index (κ1) is 22.4. The fourth-order valence-corrected chi connectivity index (χ4v) is 3.46. The minimum atomic E-state index is -3.65. The molecule has 0 radical (unpaired) electrons. The summed E-state index contributed by atoms with van der Waals surface area (Å²) in [5.41, 5.74) is 2.24. The van der Waals surface area contributed by atoms with Crippen molar-refractivity contribution >= 4 is 22.1 Å². The second-order valence-electron chi connectivity index (χ2n) is 6.21. The fourth-order valence-electron chi connectivity index (χ4n) is 2.35. The van der Waals surface area contributed by atoms with Crippen LogP contribution in [0.2, 0.25) is 0 Å². The third-order valence-electron chi connectivity index (χ3n) is 4.07. The predicted octanol–water partition coefficient (Wildman–Crippen LogP) is 2.55. The molecule has 2 aromatic rings. The SMILES string of the molecule is CCOC(=O)Oc1ccc(C(=O)NCCNS(=O)(=O)c2ccc(C)c(C)c2)cc1. The molecule has 0 fully saturated rings. The molecule has 2 aromatic carbocycles. The summed E-state index contributed by atoms with van der Waals surface area (Å²) in [4.78, 5) is 23.6. The van der Waals surface area contributed by atoms with Crippen LogP contribution in [0, 0.1) is 13.8 Å². The molecule has 0 aromatic heterocycles. The predicted molar refractivity (Wildman–Crippen MR) is 108 cm³/mol. The Hall–Kier alpha value is -2.91. The summed E-state index contributed by atoms with van der Waals surface area (Å²) in [5, 5.41) is 2.63. The van der Waals surface area contributed by atoms with Gasteiger partial charge in [-0.2, -0.15) is 0 Å². The topological polar surface area (TPSA) is 111 Å². The molecule has 0 saturated heterocycles. The lowest BCUT2D eigenvalue weighted by Crippen LogP contribution is -2.34. The van der Waals surface area contributed by atoms with E-state index in [4.69, 9.17) is 4.74 Å². The Morgan fingerprint density at radius 3 is 2.28 bits per heavy atom. The first-order chi connectivity index (χ1) is 13.7. The number of sulfonamides is 1. The molecule has 0 aliphatic carbocycles. The number of benzene rings is 2. The van der Waals surface area contributed by atoms with Crippen LogP contribution >= 0.6 is 0 Å². The largest absolute Gasteiger partial charge is 0.513 e. The highest BCUT2D eigenvalue weighted by molar-refractivity contribution is 7.89. The Labute approximate surface area is 170 Å². The molecule has 0 bridgehead atoms. The van der Waals surface area contributed by atoms with Gasteiger partial charge in [0.1, 0.15) is 5.75 Å². The molecule has 0 saturated carbocycles. The zero-order valence-corrected chi connectivity index (χ0v) is 17.3. The number of carbonyl (C=O) groups is 2. The van der Waals surface area contributed by atoms with E-state index in [0.29, 0.717) is 5.56 Å². The highest BCUT2D eigenvalue weighted by Gasteiger charge is 2.14. The monoisotopic (exact) mass is 420 g/mol. The van der Waals surface area contributed by atoms with Crippen molar-refractivity contribution in [1.82, 2.24) is 10.0 Å². The van der Waals surface area contributed by atoms with Crippen molar-refractivity contribution in [2.24, 2.45) is 0 Å². The average Bonchev–Trinajstić information content (AvgIpc) is 2.68. The highest BCUT2D eigenvalue weighted by atomic mass is 32.2. The number of hydrogen-bond acceptors (Lipinski definition) is 6. The molecule has 0 spiro atoms. The summed E-state index contributed by atoms with van der Waals surface area (Å²) in [6.07, 6.45) is -0.819. The van der Waals surface area contributed by atoms with E-state index < -0.39 is 16.2 Å². The molecule has 2 rings (SSSR count). The number of amides is 1. The third-order valence-corrected chi connectivity index (χ3v) is 5.53. The van der Waals surface area contributed by atoms with Crippen LogP contribution in [-0.2, 0) is 14.8 Å². The van der Waals surface area contributed by atoms with E-state index in [1.165, 1.54) is 24.3 Å². The summed E-state index contributed by atoms with van der Waals surface area (Å²) in [6.45, 7) is 5.78. The van der Waals surface area contributed by atoms with Crippen molar-refractivity contribution in [2.45, 2.75) is 25.7 Å². The number of nitrogens with one attached hydrogen (secondary N) is 2. The van der Waals surface area contributed by atoms with Crippen molar-refractivity contribution in [3.05, 3.63) is 59.2 Å². The minimum absolute atomic E-state index is 0.0467. The molecule has 1 amide bonds. The molecule has 0 atom stereocenters. The number of hydrogen-bond donors (Lipinski definition) is 2. The smallest absolute Gasteiger partial charge is 0.434 e. The Bertz CT molecular complexity index is 971. The van der Waals surface area contributed by atoms with Crippen molar-refractivity contribution in [2.75, 3.05) is 19.7 Å². The molecule has 0 aliphatic rings. The van der Waals surface area contributed by atoms with Crippen LogP contribution in [-0.4, -0.2) is 40.2 Å². The van der Waals surface area contributed by atoms with Crippen molar-refractivity contribution < 1.29 is 27.5 Å². The maximum Gasteiger partial charge on any atom is 0.513 e. The van der Waals surface area contributed by atoms with Crippen LogP contribution in [0.15, 0.2) is 47.4 Å². The molecule has 156 valence electrons. The van der Waals surface area contributed by atoms with Crippen LogP contribution in [0.1, 0.15) is 28.4 Å². The van der Waals surface area contributed by atoms with Gasteiger partial charge in [-0.25, -0.2) is 17.9 Å². The van der Waals surface area contributed by atoms with E-state index in [-0.39, 0.29) is 36.2 Å². The molecule has 29 heavy (non-hydrogen) atoms. The van der Waals surface area contributed by atoms with E-state index in [1.807, 2.05) is 13.8 Å². The Kier molecular flexibility index (Phi) is 7.74. The quantitative estimate of drug-likeness (QED) is 0.386. The normalized spacial score (nSPS) is 11.0. The second-order valence-corrected chi connectivity index (χ2v) is 7.98. The van der Waals surface area contributed by atoms with Crippen LogP contribution in [0.4, 0.5) is 4.79 Å². The third kappa shape index (κ3) is 6.58. The molecule has 9 heteroatoms. The van der Waals surface area contributed by atoms with Gasteiger partial charge < -0.3 is 14.8 Å².